The molecule has 5 nitrogen and oxygen atoms in total. The zero-order valence-corrected chi connectivity index (χ0v) is 16.3. The summed E-state index contributed by atoms with van der Waals surface area (Å²) in [6, 6.07) is 16.7. The van der Waals surface area contributed by atoms with Gasteiger partial charge in [-0.1, -0.05) is 30.7 Å². The lowest BCUT2D eigenvalue weighted by Crippen LogP contribution is -2.32. The first kappa shape index (κ1) is 17.3. The molecule has 28 heavy (non-hydrogen) atoms. The van der Waals surface area contributed by atoms with Gasteiger partial charge in [0.15, 0.2) is 0 Å². The zero-order valence-electron chi connectivity index (χ0n) is 16.3. The maximum Gasteiger partial charge on any atom is 0.215 e. The van der Waals surface area contributed by atoms with Gasteiger partial charge in [-0.05, 0) is 50.2 Å². The van der Waals surface area contributed by atoms with E-state index in [9.17, 15) is 0 Å². The van der Waals surface area contributed by atoms with Crippen molar-refractivity contribution >= 4 is 16.8 Å². The predicted molar refractivity (Wildman–Crippen MR) is 113 cm³/mol. The Kier molecular flexibility index (Phi) is 4.53. The van der Waals surface area contributed by atoms with E-state index in [0.29, 0.717) is 0 Å². The summed E-state index contributed by atoms with van der Waals surface area (Å²) < 4.78 is 10.0. The zero-order chi connectivity index (χ0) is 18.9. The highest BCUT2D eigenvalue weighted by atomic mass is 16.5. The second-order valence-electron chi connectivity index (χ2n) is 7.57. The number of aromatic nitrogens is 3. The van der Waals surface area contributed by atoms with Crippen molar-refractivity contribution in [2.75, 3.05) is 26.7 Å². The molecular formula is C23H26N4O. The summed E-state index contributed by atoms with van der Waals surface area (Å²) in [5.74, 6) is 1.89. The molecule has 0 saturated carbocycles. The summed E-state index contributed by atoms with van der Waals surface area (Å²) in [5, 5.41) is 0. The first-order chi connectivity index (χ1) is 13.8. The molecule has 0 bridgehead atoms. The van der Waals surface area contributed by atoms with Crippen LogP contribution in [0.15, 0.2) is 54.7 Å². The molecule has 0 aliphatic carbocycles. The Morgan fingerprint density at radius 1 is 0.964 bits per heavy atom. The first-order valence-electron chi connectivity index (χ1n) is 10.2. The van der Waals surface area contributed by atoms with Crippen molar-refractivity contribution in [2.45, 2.75) is 25.8 Å². The van der Waals surface area contributed by atoms with E-state index >= 15 is 0 Å². The third-order valence-corrected chi connectivity index (χ3v) is 5.81. The molecular weight excluding hydrogens is 348 g/mol. The van der Waals surface area contributed by atoms with Crippen LogP contribution in [0.1, 0.15) is 19.3 Å². The van der Waals surface area contributed by atoms with Crippen molar-refractivity contribution in [3.8, 4) is 17.0 Å². The van der Waals surface area contributed by atoms with Crippen molar-refractivity contribution in [1.29, 1.82) is 0 Å². The molecule has 2 aromatic carbocycles. The second-order valence-corrected chi connectivity index (χ2v) is 7.57. The number of benzene rings is 2. The highest BCUT2D eigenvalue weighted by Gasteiger charge is 2.17. The van der Waals surface area contributed by atoms with Crippen LogP contribution in [0, 0.1) is 0 Å². The predicted octanol–water partition coefficient (Wildman–Crippen LogP) is 4.45. The average Bonchev–Trinajstić information content (AvgIpc) is 3.29. The Hall–Kier alpha value is -2.79. The van der Waals surface area contributed by atoms with Gasteiger partial charge in [0.1, 0.15) is 5.75 Å². The first-order valence-corrected chi connectivity index (χ1v) is 10.2. The van der Waals surface area contributed by atoms with Crippen molar-refractivity contribution in [3.05, 3.63) is 54.7 Å². The van der Waals surface area contributed by atoms with E-state index in [1.165, 1.54) is 38.0 Å². The SMILES string of the molecule is COc1cccc(-c2cn3c4ccccc4nc3n2CCN2CCCCC2)c1. The molecule has 5 rings (SSSR count). The summed E-state index contributed by atoms with van der Waals surface area (Å²) in [6.45, 7) is 4.42. The molecule has 1 saturated heterocycles. The average molecular weight is 374 g/mol. The van der Waals surface area contributed by atoms with Crippen molar-refractivity contribution < 1.29 is 4.74 Å². The summed E-state index contributed by atoms with van der Waals surface area (Å²) in [7, 11) is 1.72. The summed E-state index contributed by atoms with van der Waals surface area (Å²) in [4.78, 5) is 7.53. The minimum Gasteiger partial charge on any atom is -0.497 e. The summed E-state index contributed by atoms with van der Waals surface area (Å²) in [6.07, 6.45) is 6.22. The van der Waals surface area contributed by atoms with E-state index in [4.69, 9.17) is 9.72 Å². The van der Waals surface area contributed by atoms with Crippen LogP contribution in [0.2, 0.25) is 0 Å². The van der Waals surface area contributed by atoms with Crippen LogP contribution >= 0.6 is 0 Å². The Bertz CT molecular complexity index is 1100. The number of fused-ring (bicyclic) bond motifs is 3. The van der Waals surface area contributed by atoms with E-state index in [2.05, 4.69) is 62.5 Å². The molecule has 1 aliphatic heterocycles. The molecule has 1 fully saturated rings. The monoisotopic (exact) mass is 374 g/mol. The van der Waals surface area contributed by atoms with E-state index in [-0.39, 0.29) is 0 Å². The van der Waals surface area contributed by atoms with Crippen LogP contribution in [0.3, 0.4) is 0 Å². The third kappa shape index (κ3) is 3.06. The van der Waals surface area contributed by atoms with Crippen LogP contribution < -0.4 is 4.74 Å². The van der Waals surface area contributed by atoms with E-state index in [1.807, 2.05) is 6.07 Å². The van der Waals surface area contributed by atoms with Gasteiger partial charge in [0, 0.05) is 24.8 Å². The number of ether oxygens (including phenoxy) is 1. The van der Waals surface area contributed by atoms with Gasteiger partial charge < -0.3 is 14.2 Å². The number of imidazole rings is 2. The highest BCUT2D eigenvalue weighted by molar-refractivity contribution is 5.81. The lowest BCUT2D eigenvalue weighted by Gasteiger charge is -2.26. The maximum absolute atomic E-state index is 5.46. The standard InChI is InChI=1S/C23H26N4O/c1-28-19-9-7-8-18(16-19)22-17-27-21-11-4-3-10-20(21)24-23(27)26(22)15-14-25-12-5-2-6-13-25/h3-4,7-11,16-17H,2,5-6,12-15H2,1H3. The van der Waals surface area contributed by atoms with E-state index in [1.54, 1.807) is 7.11 Å². The number of para-hydroxylation sites is 2. The molecule has 144 valence electrons. The lowest BCUT2D eigenvalue weighted by atomic mass is 10.1. The van der Waals surface area contributed by atoms with Gasteiger partial charge in [0.2, 0.25) is 5.78 Å². The van der Waals surface area contributed by atoms with Gasteiger partial charge in [-0.2, -0.15) is 0 Å². The Labute approximate surface area is 165 Å². The molecule has 0 N–H and O–H groups in total. The smallest absolute Gasteiger partial charge is 0.215 e. The molecule has 2 aromatic heterocycles. The fourth-order valence-electron chi connectivity index (χ4n) is 4.31. The molecule has 4 aromatic rings. The Balaban J connectivity index is 1.60. The second kappa shape index (κ2) is 7.32. The fourth-order valence-corrected chi connectivity index (χ4v) is 4.31. The van der Waals surface area contributed by atoms with E-state index in [0.717, 1.165) is 41.2 Å². The molecule has 3 heterocycles. The number of hydrogen-bond donors (Lipinski definition) is 0. The number of methoxy groups -OCH3 is 1. The van der Waals surface area contributed by atoms with Crippen LogP contribution in [0.5, 0.6) is 5.75 Å². The maximum atomic E-state index is 5.46. The lowest BCUT2D eigenvalue weighted by molar-refractivity contribution is 0.222. The fraction of sp³-hybridized carbons (Fsp3) is 0.348. The van der Waals surface area contributed by atoms with Crippen molar-refractivity contribution in [2.24, 2.45) is 0 Å². The third-order valence-electron chi connectivity index (χ3n) is 5.81. The Morgan fingerprint density at radius 3 is 2.68 bits per heavy atom. The molecule has 5 heteroatoms. The Morgan fingerprint density at radius 2 is 1.82 bits per heavy atom. The summed E-state index contributed by atoms with van der Waals surface area (Å²) in [5.41, 5.74) is 4.54. The quantitative estimate of drug-likeness (QED) is 0.518. The normalized spacial score (nSPS) is 15.5. The number of hydrogen-bond acceptors (Lipinski definition) is 3. The molecule has 0 atom stereocenters. The van der Waals surface area contributed by atoms with Crippen LogP contribution in [0.4, 0.5) is 0 Å². The van der Waals surface area contributed by atoms with Gasteiger partial charge >= 0.3 is 0 Å². The highest BCUT2D eigenvalue weighted by Crippen LogP contribution is 2.29. The van der Waals surface area contributed by atoms with Gasteiger partial charge in [-0.3, -0.25) is 4.40 Å². The number of likely N-dealkylation sites (tertiary alicyclic amines) is 1. The molecule has 1 aliphatic rings. The van der Waals surface area contributed by atoms with Crippen LogP contribution in [0.25, 0.3) is 28.1 Å². The van der Waals surface area contributed by atoms with Crippen LogP contribution in [-0.2, 0) is 6.54 Å². The molecule has 0 radical (unpaired) electrons. The molecule has 0 amide bonds. The van der Waals surface area contributed by atoms with E-state index < -0.39 is 0 Å². The minimum atomic E-state index is 0.878. The topological polar surface area (TPSA) is 34.7 Å². The van der Waals surface area contributed by atoms with Gasteiger partial charge in [-0.15, -0.1) is 0 Å². The number of nitrogens with zero attached hydrogens (tertiary/aromatic N) is 4. The van der Waals surface area contributed by atoms with Crippen molar-refractivity contribution in [1.82, 2.24) is 18.9 Å². The van der Waals surface area contributed by atoms with Crippen LogP contribution in [-0.4, -0.2) is 45.6 Å². The van der Waals surface area contributed by atoms with Gasteiger partial charge in [0.05, 0.1) is 23.8 Å². The molecule has 0 unspecified atom stereocenters. The number of rotatable bonds is 5. The van der Waals surface area contributed by atoms with Crippen molar-refractivity contribution in [3.63, 3.8) is 0 Å². The van der Waals surface area contributed by atoms with Gasteiger partial charge in [0.25, 0.3) is 0 Å². The largest absolute Gasteiger partial charge is 0.497 e. The van der Waals surface area contributed by atoms with Gasteiger partial charge in [-0.25, -0.2) is 4.98 Å². The molecule has 0 spiro atoms. The minimum absolute atomic E-state index is 0.878. The summed E-state index contributed by atoms with van der Waals surface area (Å²) >= 11 is 0. The number of piperidine rings is 1.